The van der Waals surface area contributed by atoms with E-state index in [-0.39, 0.29) is 5.97 Å². The maximum atomic E-state index is 11.7. The summed E-state index contributed by atoms with van der Waals surface area (Å²) < 4.78 is 5.31. The van der Waals surface area contributed by atoms with Crippen molar-refractivity contribution in [3.63, 3.8) is 0 Å². The van der Waals surface area contributed by atoms with Crippen molar-refractivity contribution in [1.82, 2.24) is 0 Å². The van der Waals surface area contributed by atoms with Crippen molar-refractivity contribution in [2.24, 2.45) is 5.92 Å². The molecule has 0 saturated heterocycles. The van der Waals surface area contributed by atoms with Crippen LogP contribution in [0.25, 0.3) is 0 Å². The van der Waals surface area contributed by atoms with Gasteiger partial charge in [0.05, 0.1) is 13.0 Å². The predicted molar refractivity (Wildman–Crippen MR) is 83.5 cm³/mol. The predicted octanol–water partition coefficient (Wildman–Crippen LogP) is 4.32. The first-order chi connectivity index (χ1) is 9.61. The van der Waals surface area contributed by atoms with Gasteiger partial charge in [-0.3, -0.25) is 4.79 Å². The second-order valence-corrected chi connectivity index (χ2v) is 5.13. The van der Waals surface area contributed by atoms with E-state index in [0.29, 0.717) is 18.9 Å². The quantitative estimate of drug-likeness (QED) is 0.546. The van der Waals surface area contributed by atoms with E-state index in [1.54, 1.807) is 0 Å². The zero-order valence-corrected chi connectivity index (χ0v) is 12.6. The molecule has 20 heavy (non-hydrogen) atoms. The van der Waals surface area contributed by atoms with Gasteiger partial charge in [-0.1, -0.05) is 61.1 Å². The van der Waals surface area contributed by atoms with Gasteiger partial charge >= 0.3 is 5.97 Å². The van der Waals surface area contributed by atoms with Crippen LogP contribution in [0.2, 0.25) is 0 Å². The van der Waals surface area contributed by atoms with Crippen molar-refractivity contribution in [3.05, 3.63) is 59.7 Å². The van der Waals surface area contributed by atoms with E-state index in [2.05, 4.69) is 26.0 Å². The molecular formula is C18H24O2. The summed E-state index contributed by atoms with van der Waals surface area (Å²) in [5.41, 5.74) is 2.24. The summed E-state index contributed by atoms with van der Waals surface area (Å²) in [5.74, 6) is 0.187. The third-order valence-electron chi connectivity index (χ3n) is 2.99. The molecule has 0 aliphatic heterocycles. The fraction of sp³-hybridized carbons (Fsp3) is 0.389. The van der Waals surface area contributed by atoms with Crippen LogP contribution in [0.3, 0.4) is 0 Å². The van der Waals surface area contributed by atoms with Crippen LogP contribution in [0.15, 0.2) is 54.1 Å². The molecule has 0 aliphatic carbocycles. The zero-order valence-electron chi connectivity index (χ0n) is 12.6. The van der Waals surface area contributed by atoms with Crippen molar-refractivity contribution in [2.45, 2.75) is 33.6 Å². The van der Waals surface area contributed by atoms with E-state index in [4.69, 9.17) is 4.74 Å². The van der Waals surface area contributed by atoms with Crippen LogP contribution in [0.5, 0.6) is 0 Å². The summed E-state index contributed by atoms with van der Waals surface area (Å²) in [7, 11) is 0. The Bertz CT molecular complexity index is 458. The Kier molecular flexibility index (Phi) is 7.41. The first kappa shape index (κ1) is 16.2. The lowest BCUT2D eigenvalue weighted by atomic mass is 10.1. The standard InChI is InChI=1S/C18H24O2/c1-4-8-15(2)11-12-16(3)14-20-18(19)13-17-9-6-5-7-10-17/h4-11,16H,12-14H2,1-3H3/b8-4+,15-11+. The number of hydrogen-bond donors (Lipinski definition) is 0. The number of carbonyl (C=O) groups excluding carboxylic acids is 1. The van der Waals surface area contributed by atoms with Crippen LogP contribution < -0.4 is 0 Å². The Morgan fingerprint density at radius 3 is 2.65 bits per heavy atom. The molecule has 1 aromatic rings. The number of carbonyl (C=O) groups is 1. The molecule has 0 spiro atoms. The lowest BCUT2D eigenvalue weighted by Crippen LogP contribution is -2.13. The van der Waals surface area contributed by atoms with Crippen LogP contribution in [-0.4, -0.2) is 12.6 Å². The largest absolute Gasteiger partial charge is 0.465 e. The van der Waals surface area contributed by atoms with Crippen molar-refractivity contribution in [1.29, 1.82) is 0 Å². The minimum Gasteiger partial charge on any atom is -0.465 e. The van der Waals surface area contributed by atoms with Gasteiger partial charge in [-0.15, -0.1) is 0 Å². The first-order valence-electron chi connectivity index (χ1n) is 7.10. The summed E-state index contributed by atoms with van der Waals surface area (Å²) in [5, 5.41) is 0. The first-order valence-corrected chi connectivity index (χ1v) is 7.10. The number of esters is 1. The fourth-order valence-corrected chi connectivity index (χ4v) is 1.83. The lowest BCUT2D eigenvalue weighted by molar-refractivity contribution is -0.144. The van der Waals surface area contributed by atoms with Gasteiger partial charge in [0, 0.05) is 0 Å². The van der Waals surface area contributed by atoms with Gasteiger partial charge in [0.25, 0.3) is 0 Å². The van der Waals surface area contributed by atoms with Gasteiger partial charge in [-0.25, -0.2) is 0 Å². The molecule has 0 saturated carbocycles. The molecule has 2 nitrogen and oxygen atoms in total. The monoisotopic (exact) mass is 272 g/mol. The Morgan fingerprint density at radius 1 is 1.30 bits per heavy atom. The molecule has 2 heteroatoms. The van der Waals surface area contributed by atoms with Gasteiger partial charge in [0.2, 0.25) is 0 Å². The van der Waals surface area contributed by atoms with Crippen LogP contribution in [0.4, 0.5) is 0 Å². The van der Waals surface area contributed by atoms with Crippen LogP contribution >= 0.6 is 0 Å². The molecule has 1 rings (SSSR count). The summed E-state index contributed by atoms with van der Waals surface area (Å²) in [6, 6.07) is 9.68. The van der Waals surface area contributed by atoms with E-state index in [1.807, 2.05) is 43.3 Å². The van der Waals surface area contributed by atoms with Crippen molar-refractivity contribution in [3.8, 4) is 0 Å². The summed E-state index contributed by atoms with van der Waals surface area (Å²) in [4.78, 5) is 11.7. The molecule has 1 atom stereocenters. The van der Waals surface area contributed by atoms with Crippen LogP contribution in [0, 0.1) is 5.92 Å². The SMILES string of the molecule is C/C=C/C(C)=C/CC(C)COC(=O)Cc1ccccc1. The number of hydrogen-bond acceptors (Lipinski definition) is 2. The highest BCUT2D eigenvalue weighted by molar-refractivity contribution is 5.72. The van der Waals surface area contributed by atoms with E-state index >= 15 is 0 Å². The molecule has 108 valence electrons. The topological polar surface area (TPSA) is 26.3 Å². The highest BCUT2D eigenvalue weighted by Gasteiger charge is 2.07. The summed E-state index contributed by atoms with van der Waals surface area (Å²) in [6.45, 7) is 6.65. The van der Waals surface area contributed by atoms with Crippen LogP contribution in [-0.2, 0) is 16.0 Å². The molecule has 0 bridgehead atoms. The Balaban J connectivity index is 2.28. The average Bonchev–Trinajstić information content (AvgIpc) is 2.44. The maximum absolute atomic E-state index is 11.7. The zero-order chi connectivity index (χ0) is 14.8. The molecule has 1 aromatic carbocycles. The Hall–Kier alpha value is -1.83. The van der Waals surface area contributed by atoms with Gasteiger partial charge in [0.1, 0.15) is 0 Å². The molecule has 0 amide bonds. The molecule has 0 radical (unpaired) electrons. The fourth-order valence-electron chi connectivity index (χ4n) is 1.83. The highest BCUT2D eigenvalue weighted by Crippen LogP contribution is 2.08. The molecule has 0 fully saturated rings. The minimum atomic E-state index is -0.155. The van der Waals surface area contributed by atoms with E-state index in [1.165, 1.54) is 5.57 Å². The smallest absolute Gasteiger partial charge is 0.310 e. The van der Waals surface area contributed by atoms with E-state index in [9.17, 15) is 4.79 Å². The third-order valence-corrected chi connectivity index (χ3v) is 2.99. The minimum absolute atomic E-state index is 0.155. The van der Waals surface area contributed by atoms with Gasteiger partial charge in [-0.2, -0.15) is 0 Å². The number of ether oxygens (including phenoxy) is 1. The third kappa shape index (κ3) is 6.93. The molecule has 0 N–H and O–H groups in total. The number of benzene rings is 1. The maximum Gasteiger partial charge on any atom is 0.310 e. The van der Waals surface area contributed by atoms with Gasteiger partial charge in [-0.05, 0) is 31.7 Å². The van der Waals surface area contributed by atoms with Gasteiger partial charge in [0.15, 0.2) is 0 Å². The van der Waals surface area contributed by atoms with Crippen molar-refractivity contribution < 1.29 is 9.53 Å². The van der Waals surface area contributed by atoms with Crippen molar-refractivity contribution >= 4 is 5.97 Å². The number of rotatable bonds is 7. The molecule has 1 unspecified atom stereocenters. The Labute approximate surface area is 122 Å². The van der Waals surface area contributed by atoms with Crippen LogP contribution in [0.1, 0.15) is 32.8 Å². The molecule has 0 aromatic heterocycles. The normalized spacial score (nSPS) is 13.4. The van der Waals surface area contributed by atoms with E-state index in [0.717, 1.165) is 12.0 Å². The highest BCUT2D eigenvalue weighted by atomic mass is 16.5. The van der Waals surface area contributed by atoms with E-state index < -0.39 is 0 Å². The summed E-state index contributed by atoms with van der Waals surface area (Å²) >= 11 is 0. The second-order valence-electron chi connectivity index (χ2n) is 5.13. The molecule has 0 heterocycles. The van der Waals surface area contributed by atoms with Gasteiger partial charge < -0.3 is 4.74 Å². The second kappa shape index (κ2) is 9.13. The van der Waals surface area contributed by atoms with Crippen molar-refractivity contribution in [2.75, 3.05) is 6.61 Å². The summed E-state index contributed by atoms with van der Waals surface area (Å²) in [6.07, 6.45) is 7.55. The Morgan fingerprint density at radius 2 is 2.00 bits per heavy atom. The lowest BCUT2D eigenvalue weighted by Gasteiger charge is -2.10. The average molecular weight is 272 g/mol. The molecule has 0 aliphatic rings. The number of allylic oxidation sites excluding steroid dienone is 4. The molecular weight excluding hydrogens is 248 g/mol.